The molecule has 0 amide bonds. The lowest BCUT2D eigenvalue weighted by Crippen LogP contribution is -2.23. The number of rotatable bonds is 4. The maximum atomic E-state index is 12.4. The van der Waals surface area contributed by atoms with E-state index in [1.807, 2.05) is 0 Å². The Balaban J connectivity index is 1.91. The van der Waals surface area contributed by atoms with Crippen LogP contribution in [0.3, 0.4) is 0 Å². The molecule has 1 saturated carbocycles. The van der Waals surface area contributed by atoms with E-state index in [0.717, 1.165) is 18.8 Å². The molecule has 116 valence electrons. The fourth-order valence-corrected chi connectivity index (χ4v) is 3.36. The van der Waals surface area contributed by atoms with Gasteiger partial charge in [-0.15, -0.1) is 0 Å². The van der Waals surface area contributed by atoms with Crippen molar-refractivity contribution in [3.05, 3.63) is 35.4 Å². The molecule has 0 N–H and O–H groups in total. The van der Waals surface area contributed by atoms with Gasteiger partial charge in [-0.3, -0.25) is 4.79 Å². The zero-order chi connectivity index (χ0) is 15.5. The number of hydrogen-bond acceptors (Lipinski definition) is 1. The van der Waals surface area contributed by atoms with Crippen molar-refractivity contribution in [1.82, 2.24) is 0 Å². The van der Waals surface area contributed by atoms with E-state index in [9.17, 15) is 4.79 Å². The minimum absolute atomic E-state index is 0.182. The van der Waals surface area contributed by atoms with Crippen LogP contribution in [0.4, 0.5) is 0 Å². The molecule has 0 aliphatic heterocycles. The Morgan fingerprint density at radius 1 is 1.05 bits per heavy atom. The monoisotopic (exact) mass is 286 g/mol. The normalized spacial score (nSPS) is 23.0. The van der Waals surface area contributed by atoms with Crippen LogP contribution in [0.5, 0.6) is 0 Å². The van der Waals surface area contributed by atoms with Gasteiger partial charge in [0.15, 0.2) is 0 Å². The molecule has 0 unspecified atom stereocenters. The molecular formula is C20H30O. The first kappa shape index (κ1) is 16.3. The van der Waals surface area contributed by atoms with Gasteiger partial charge in [0.25, 0.3) is 0 Å². The second kappa shape index (κ2) is 6.77. The molecule has 1 heteroatoms. The molecule has 0 saturated heterocycles. The highest BCUT2D eigenvalue weighted by molar-refractivity contribution is 5.83. The van der Waals surface area contributed by atoms with Crippen molar-refractivity contribution in [2.24, 2.45) is 11.8 Å². The van der Waals surface area contributed by atoms with E-state index in [1.165, 1.54) is 30.4 Å². The van der Waals surface area contributed by atoms with E-state index in [4.69, 9.17) is 0 Å². The summed E-state index contributed by atoms with van der Waals surface area (Å²) in [4.78, 5) is 12.4. The van der Waals surface area contributed by atoms with Crippen LogP contribution in [0.15, 0.2) is 24.3 Å². The van der Waals surface area contributed by atoms with Gasteiger partial charge >= 0.3 is 0 Å². The minimum atomic E-state index is 0.182. The Bertz CT molecular complexity index is 456. The van der Waals surface area contributed by atoms with Gasteiger partial charge in [-0.05, 0) is 48.1 Å². The van der Waals surface area contributed by atoms with E-state index in [-0.39, 0.29) is 5.41 Å². The summed E-state index contributed by atoms with van der Waals surface area (Å²) in [7, 11) is 0. The first-order valence-corrected chi connectivity index (χ1v) is 8.52. The van der Waals surface area contributed by atoms with Crippen molar-refractivity contribution >= 4 is 5.78 Å². The lowest BCUT2D eigenvalue weighted by Gasteiger charge is -2.27. The lowest BCUT2D eigenvalue weighted by atomic mass is 9.78. The molecular weight excluding hydrogens is 256 g/mol. The predicted octanol–water partition coefficient (Wildman–Crippen LogP) is 5.31. The maximum absolute atomic E-state index is 12.4. The van der Waals surface area contributed by atoms with E-state index in [2.05, 4.69) is 52.0 Å². The molecule has 1 aromatic carbocycles. The molecule has 1 aliphatic carbocycles. The maximum Gasteiger partial charge on any atom is 0.140 e. The van der Waals surface area contributed by atoms with Gasteiger partial charge in [-0.1, -0.05) is 58.4 Å². The van der Waals surface area contributed by atoms with Gasteiger partial charge in [0.1, 0.15) is 5.78 Å². The number of hydrogen-bond donors (Lipinski definition) is 0. The van der Waals surface area contributed by atoms with Gasteiger partial charge in [0, 0.05) is 12.3 Å². The quantitative estimate of drug-likeness (QED) is 0.733. The first-order chi connectivity index (χ1) is 9.90. The van der Waals surface area contributed by atoms with Crippen LogP contribution in [0.2, 0.25) is 0 Å². The Morgan fingerprint density at radius 2 is 1.62 bits per heavy atom. The Kier molecular flexibility index (Phi) is 5.24. The number of benzene rings is 1. The van der Waals surface area contributed by atoms with Gasteiger partial charge in [-0.25, -0.2) is 0 Å². The Labute approximate surface area is 130 Å². The van der Waals surface area contributed by atoms with Crippen molar-refractivity contribution in [3.8, 4) is 0 Å². The number of carbonyl (C=O) groups is 1. The lowest BCUT2D eigenvalue weighted by molar-refractivity contribution is -0.123. The van der Waals surface area contributed by atoms with E-state index < -0.39 is 0 Å². The molecule has 0 radical (unpaired) electrons. The van der Waals surface area contributed by atoms with Gasteiger partial charge in [-0.2, -0.15) is 0 Å². The fourth-order valence-electron chi connectivity index (χ4n) is 3.36. The Morgan fingerprint density at radius 3 is 2.10 bits per heavy atom. The number of Topliss-reactive ketones (excluding diaryl/α,β-unsaturated/α-hetero) is 1. The molecule has 1 nitrogen and oxygen atoms in total. The predicted molar refractivity (Wildman–Crippen MR) is 89.6 cm³/mol. The SMILES string of the molecule is CCC1CCC(C(=O)Cc2ccc(C(C)(C)C)cc2)CC1. The van der Waals surface area contributed by atoms with Crippen LogP contribution < -0.4 is 0 Å². The van der Waals surface area contributed by atoms with Crippen LogP contribution in [0.25, 0.3) is 0 Å². The van der Waals surface area contributed by atoms with Crippen molar-refractivity contribution in [2.75, 3.05) is 0 Å². The molecule has 1 aromatic rings. The number of carbonyl (C=O) groups excluding carboxylic acids is 1. The van der Waals surface area contributed by atoms with Crippen LogP contribution in [-0.2, 0) is 16.6 Å². The van der Waals surface area contributed by atoms with E-state index >= 15 is 0 Å². The first-order valence-electron chi connectivity index (χ1n) is 8.52. The highest BCUT2D eigenvalue weighted by Crippen LogP contribution is 2.31. The van der Waals surface area contributed by atoms with Crippen LogP contribution >= 0.6 is 0 Å². The zero-order valence-electron chi connectivity index (χ0n) is 14.1. The summed E-state index contributed by atoms with van der Waals surface area (Å²) in [5.74, 6) is 1.63. The molecule has 1 fully saturated rings. The van der Waals surface area contributed by atoms with Gasteiger partial charge < -0.3 is 0 Å². The standard InChI is InChI=1S/C20H30O/c1-5-15-6-10-17(11-7-15)19(21)14-16-8-12-18(13-9-16)20(2,3)4/h8-9,12-13,15,17H,5-7,10-11,14H2,1-4H3. The van der Waals surface area contributed by atoms with Crippen molar-refractivity contribution < 1.29 is 4.79 Å². The summed E-state index contributed by atoms with van der Waals surface area (Å²) < 4.78 is 0. The minimum Gasteiger partial charge on any atom is -0.299 e. The topological polar surface area (TPSA) is 17.1 Å². The third-order valence-electron chi connectivity index (χ3n) is 5.08. The van der Waals surface area contributed by atoms with Gasteiger partial charge in [0.2, 0.25) is 0 Å². The average Bonchev–Trinajstić information content (AvgIpc) is 2.47. The second-order valence-corrected chi connectivity index (χ2v) is 7.72. The molecule has 0 spiro atoms. The molecule has 0 heterocycles. The summed E-state index contributed by atoms with van der Waals surface area (Å²) in [5, 5.41) is 0. The highest BCUT2D eigenvalue weighted by atomic mass is 16.1. The van der Waals surface area contributed by atoms with Crippen molar-refractivity contribution in [3.63, 3.8) is 0 Å². The Hall–Kier alpha value is -1.11. The highest BCUT2D eigenvalue weighted by Gasteiger charge is 2.25. The number of ketones is 1. The van der Waals surface area contributed by atoms with Crippen LogP contribution in [-0.4, -0.2) is 5.78 Å². The third-order valence-corrected chi connectivity index (χ3v) is 5.08. The molecule has 0 aromatic heterocycles. The smallest absolute Gasteiger partial charge is 0.140 e. The summed E-state index contributed by atoms with van der Waals surface area (Å²) in [6.07, 6.45) is 6.60. The van der Waals surface area contributed by atoms with Crippen LogP contribution in [0.1, 0.15) is 70.9 Å². The van der Waals surface area contributed by atoms with E-state index in [1.54, 1.807) is 0 Å². The van der Waals surface area contributed by atoms with Crippen molar-refractivity contribution in [2.45, 2.75) is 71.6 Å². The molecule has 1 aliphatic rings. The molecule has 0 atom stereocenters. The largest absolute Gasteiger partial charge is 0.299 e. The van der Waals surface area contributed by atoms with Crippen LogP contribution in [0, 0.1) is 11.8 Å². The van der Waals surface area contributed by atoms with E-state index in [0.29, 0.717) is 18.1 Å². The summed E-state index contributed by atoms with van der Waals surface area (Å²) in [5.41, 5.74) is 2.69. The van der Waals surface area contributed by atoms with Crippen molar-refractivity contribution in [1.29, 1.82) is 0 Å². The summed E-state index contributed by atoms with van der Waals surface area (Å²) >= 11 is 0. The third kappa shape index (κ3) is 4.43. The molecule has 2 rings (SSSR count). The molecule has 21 heavy (non-hydrogen) atoms. The summed E-state index contributed by atoms with van der Waals surface area (Å²) in [6.45, 7) is 8.93. The average molecular weight is 286 g/mol. The zero-order valence-corrected chi connectivity index (χ0v) is 14.1. The molecule has 0 bridgehead atoms. The van der Waals surface area contributed by atoms with Gasteiger partial charge in [0.05, 0.1) is 0 Å². The fraction of sp³-hybridized carbons (Fsp3) is 0.650. The second-order valence-electron chi connectivity index (χ2n) is 7.72. The summed E-state index contributed by atoms with van der Waals surface area (Å²) in [6, 6.07) is 8.62.